The number of rotatable bonds is 5. The van der Waals surface area contributed by atoms with Crippen LogP contribution < -0.4 is 5.32 Å². The van der Waals surface area contributed by atoms with E-state index in [-0.39, 0.29) is 24.0 Å². The number of carbonyl (C=O) groups excluding carboxylic acids is 1. The van der Waals surface area contributed by atoms with Gasteiger partial charge in [-0.3, -0.25) is 10.1 Å². The molecule has 2 aromatic carbocycles. The zero-order valence-corrected chi connectivity index (χ0v) is 18.3. The standard InChI is InChI=1S/C23H21ClF2N6O/c24-18-10-8-16(9-11-18)21-19(31-12-4-7-20(31)33)13-32(30-21)22(29-15-27)28-14-23(25,26)17-5-2-1-3-6-17/h1-3,5-6,8-11,19H,4,7,12-14H2,(H,28,29). The first-order valence-electron chi connectivity index (χ1n) is 10.4. The summed E-state index contributed by atoms with van der Waals surface area (Å²) in [5.41, 5.74) is 1.17. The van der Waals surface area contributed by atoms with Gasteiger partial charge in [0, 0.05) is 29.1 Å². The SMILES string of the molecule is N#CNC(=NCC(F)(F)c1ccccc1)N1CC(N2CCCC2=O)C(c2ccc(Cl)cc2)=N1. The summed E-state index contributed by atoms with van der Waals surface area (Å²) in [5.74, 6) is -3.32. The lowest BCUT2D eigenvalue weighted by Gasteiger charge is -2.25. The van der Waals surface area contributed by atoms with Crippen LogP contribution in [0.4, 0.5) is 8.78 Å². The molecule has 7 nitrogen and oxygen atoms in total. The minimum Gasteiger partial charge on any atom is -0.332 e. The molecule has 0 aliphatic carbocycles. The van der Waals surface area contributed by atoms with Crippen LogP contribution >= 0.6 is 11.6 Å². The van der Waals surface area contributed by atoms with E-state index >= 15 is 0 Å². The maximum Gasteiger partial charge on any atom is 0.292 e. The number of aliphatic imine (C=N–C) groups is 1. The Kier molecular flexibility index (Phi) is 6.56. The monoisotopic (exact) mass is 470 g/mol. The molecule has 0 saturated carbocycles. The van der Waals surface area contributed by atoms with Crippen LogP contribution in [0.5, 0.6) is 0 Å². The second kappa shape index (κ2) is 9.55. The van der Waals surface area contributed by atoms with Gasteiger partial charge >= 0.3 is 0 Å². The van der Waals surface area contributed by atoms with Crippen LogP contribution in [0.1, 0.15) is 24.0 Å². The fraction of sp³-hybridized carbons (Fsp3) is 0.304. The molecule has 0 bridgehead atoms. The summed E-state index contributed by atoms with van der Waals surface area (Å²) in [6.45, 7) is -0.0983. The summed E-state index contributed by atoms with van der Waals surface area (Å²) < 4.78 is 29.3. The summed E-state index contributed by atoms with van der Waals surface area (Å²) >= 11 is 6.01. The van der Waals surface area contributed by atoms with Crippen LogP contribution in [0.2, 0.25) is 5.02 Å². The minimum atomic E-state index is -3.23. The Balaban J connectivity index is 1.64. The van der Waals surface area contributed by atoms with Gasteiger partial charge in [0.15, 0.2) is 6.19 Å². The highest BCUT2D eigenvalue weighted by Crippen LogP contribution is 2.29. The van der Waals surface area contributed by atoms with Crippen molar-refractivity contribution in [2.75, 3.05) is 19.6 Å². The highest BCUT2D eigenvalue weighted by Gasteiger charge is 2.39. The Hall–Kier alpha value is -3.51. The number of amides is 1. The number of hydrazone groups is 1. The van der Waals surface area contributed by atoms with Crippen molar-refractivity contribution in [1.29, 1.82) is 5.26 Å². The van der Waals surface area contributed by atoms with Gasteiger partial charge in [0.1, 0.15) is 6.54 Å². The second-order valence-corrected chi connectivity index (χ2v) is 8.16. The first-order valence-corrected chi connectivity index (χ1v) is 10.8. The van der Waals surface area contributed by atoms with E-state index in [1.165, 1.54) is 29.3 Å². The Morgan fingerprint density at radius 2 is 1.97 bits per heavy atom. The van der Waals surface area contributed by atoms with E-state index < -0.39 is 18.5 Å². The van der Waals surface area contributed by atoms with Gasteiger partial charge in [-0.1, -0.05) is 54.1 Å². The van der Waals surface area contributed by atoms with Gasteiger partial charge in [-0.2, -0.15) is 19.1 Å². The van der Waals surface area contributed by atoms with Crippen LogP contribution in [0.25, 0.3) is 0 Å². The van der Waals surface area contributed by atoms with Crippen molar-refractivity contribution in [2.45, 2.75) is 24.8 Å². The van der Waals surface area contributed by atoms with E-state index in [9.17, 15) is 18.8 Å². The third-order valence-electron chi connectivity index (χ3n) is 5.55. The van der Waals surface area contributed by atoms with Gasteiger partial charge in [0.2, 0.25) is 11.9 Å². The predicted molar refractivity (Wildman–Crippen MR) is 121 cm³/mol. The van der Waals surface area contributed by atoms with Gasteiger partial charge in [-0.15, -0.1) is 0 Å². The van der Waals surface area contributed by atoms with Crippen LogP contribution in [0.15, 0.2) is 64.7 Å². The topological polar surface area (TPSA) is 84.1 Å². The zero-order chi connectivity index (χ0) is 23.4. The lowest BCUT2D eigenvalue weighted by atomic mass is 10.0. The largest absolute Gasteiger partial charge is 0.332 e. The number of guanidine groups is 1. The summed E-state index contributed by atoms with van der Waals surface area (Å²) in [6, 6.07) is 14.0. The summed E-state index contributed by atoms with van der Waals surface area (Å²) in [5, 5.41) is 18.0. The van der Waals surface area contributed by atoms with Gasteiger partial charge in [-0.25, -0.2) is 10.0 Å². The molecule has 1 saturated heterocycles. The maximum atomic E-state index is 14.7. The molecular formula is C23H21ClF2N6O. The molecule has 1 unspecified atom stereocenters. The Labute approximate surface area is 195 Å². The lowest BCUT2D eigenvalue weighted by Crippen LogP contribution is -2.46. The second-order valence-electron chi connectivity index (χ2n) is 7.73. The van der Waals surface area contributed by atoms with Gasteiger partial charge in [0.25, 0.3) is 5.92 Å². The molecule has 1 fully saturated rings. The average molecular weight is 471 g/mol. The van der Waals surface area contributed by atoms with E-state index in [2.05, 4.69) is 15.4 Å². The first-order chi connectivity index (χ1) is 15.9. The predicted octanol–water partition coefficient (Wildman–Crippen LogP) is 3.57. The van der Waals surface area contributed by atoms with Crippen molar-refractivity contribution in [3.63, 3.8) is 0 Å². The molecule has 4 rings (SSSR count). The molecule has 10 heteroatoms. The molecule has 2 heterocycles. The van der Waals surface area contributed by atoms with Crippen molar-refractivity contribution < 1.29 is 13.6 Å². The molecule has 0 radical (unpaired) electrons. The van der Waals surface area contributed by atoms with E-state index in [1.54, 1.807) is 41.4 Å². The average Bonchev–Trinajstić information content (AvgIpc) is 3.44. The fourth-order valence-corrected chi connectivity index (χ4v) is 4.05. The zero-order valence-electron chi connectivity index (χ0n) is 17.6. The number of carbonyl (C=O) groups is 1. The van der Waals surface area contributed by atoms with Gasteiger partial charge < -0.3 is 4.90 Å². The summed E-state index contributed by atoms with van der Waals surface area (Å²) in [4.78, 5) is 18.2. The highest BCUT2D eigenvalue weighted by atomic mass is 35.5. The highest BCUT2D eigenvalue weighted by molar-refractivity contribution is 6.30. The van der Waals surface area contributed by atoms with Crippen molar-refractivity contribution in [3.05, 3.63) is 70.7 Å². The van der Waals surface area contributed by atoms with Crippen LogP contribution in [-0.2, 0) is 10.7 Å². The van der Waals surface area contributed by atoms with Crippen molar-refractivity contribution in [3.8, 4) is 6.19 Å². The molecule has 2 aromatic rings. The maximum absolute atomic E-state index is 14.7. The van der Waals surface area contributed by atoms with Crippen molar-refractivity contribution in [2.24, 2.45) is 10.1 Å². The van der Waals surface area contributed by atoms with Gasteiger partial charge in [0.05, 0.1) is 18.3 Å². The Morgan fingerprint density at radius 3 is 2.61 bits per heavy atom. The van der Waals surface area contributed by atoms with Crippen LogP contribution in [0, 0.1) is 11.5 Å². The Bertz CT molecular complexity index is 1110. The van der Waals surface area contributed by atoms with Crippen LogP contribution in [0.3, 0.4) is 0 Å². The minimum absolute atomic E-state index is 0.00542. The number of nitrogens with zero attached hydrogens (tertiary/aromatic N) is 5. The summed E-state index contributed by atoms with van der Waals surface area (Å²) in [7, 11) is 0. The number of nitriles is 1. The first kappa shape index (κ1) is 22.7. The number of halogens is 3. The van der Waals surface area contributed by atoms with Crippen LogP contribution in [-0.4, -0.2) is 53.2 Å². The van der Waals surface area contributed by atoms with E-state index in [4.69, 9.17) is 11.6 Å². The third-order valence-corrected chi connectivity index (χ3v) is 5.80. The molecule has 0 aromatic heterocycles. The summed E-state index contributed by atoms with van der Waals surface area (Å²) in [6.07, 6.45) is 2.93. The van der Waals surface area contributed by atoms with E-state index in [1.807, 2.05) is 0 Å². The quantitative estimate of drug-likeness (QED) is 0.313. The lowest BCUT2D eigenvalue weighted by molar-refractivity contribution is -0.128. The molecule has 170 valence electrons. The molecule has 2 aliphatic rings. The molecule has 33 heavy (non-hydrogen) atoms. The Morgan fingerprint density at radius 1 is 1.24 bits per heavy atom. The number of nitrogens with one attached hydrogen (secondary N) is 1. The van der Waals surface area contributed by atoms with Crippen molar-refractivity contribution >= 4 is 29.2 Å². The molecule has 1 amide bonds. The number of hydrogen-bond donors (Lipinski definition) is 1. The molecular weight excluding hydrogens is 450 g/mol. The molecule has 1 N–H and O–H groups in total. The number of alkyl halides is 2. The number of likely N-dealkylation sites (tertiary alicyclic amines) is 1. The van der Waals surface area contributed by atoms with Crippen molar-refractivity contribution in [1.82, 2.24) is 15.2 Å². The molecule has 1 atom stereocenters. The number of hydrogen-bond acceptors (Lipinski definition) is 4. The number of benzene rings is 2. The molecule has 0 spiro atoms. The smallest absolute Gasteiger partial charge is 0.292 e. The normalized spacial score (nSPS) is 19.0. The molecule has 2 aliphatic heterocycles. The van der Waals surface area contributed by atoms with Gasteiger partial charge in [-0.05, 0) is 18.6 Å². The van der Waals surface area contributed by atoms with E-state index in [0.29, 0.717) is 23.7 Å². The van der Waals surface area contributed by atoms with E-state index in [0.717, 1.165) is 12.0 Å². The third kappa shape index (κ3) is 4.96. The fourth-order valence-electron chi connectivity index (χ4n) is 3.92.